The van der Waals surface area contributed by atoms with E-state index in [0.717, 1.165) is 22.9 Å². The number of aliphatic hydroxyl groups is 2. The number of hydrogen-bond donors (Lipinski definition) is 4. The second-order valence-electron chi connectivity index (χ2n) is 6.24. The Kier molecular flexibility index (Phi) is 5.53. The number of ether oxygens (including phenoxy) is 2. The Labute approximate surface area is 156 Å². The van der Waals surface area contributed by atoms with E-state index in [0.29, 0.717) is 0 Å². The van der Waals surface area contributed by atoms with E-state index in [1.807, 2.05) is 5.32 Å². The van der Waals surface area contributed by atoms with Crippen LogP contribution in [0.1, 0.15) is 24.6 Å². The van der Waals surface area contributed by atoms with E-state index < -0.39 is 60.2 Å². The van der Waals surface area contributed by atoms with E-state index in [1.165, 1.54) is 0 Å². The molecule has 1 unspecified atom stereocenters. The van der Waals surface area contributed by atoms with Gasteiger partial charge in [-0.1, -0.05) is 0 Å². The molecule has 12 nitrogen and oxygen atoms in total. The van der Waals surface area contributed by atoms with Crippen LogP contribution in [0.2, 0.25) is 0 Å². The molecule has 28 heavy (non-hydrogen) atoms. The van der Waals surface area contributed by atoms with Crippen molar-refractivity contribution in [2.24, 2.45) is 0 Å². The first kappa shape index (κ1) is 19.7. The number of esters is 1. The molecule has 150 valence electrons. The Morgan fingerprint density at radius 2 is 2.11 bits per heavy atom. The van der Waals surface area contributed by atoms with E-state index in [4.69, 9.17) is 14.6 Å². The number of nitrogens with one attached hydrogen (secondary N) is 2. The van der Waals surface area contributed by atoms with Crippen molar-refractivity contribution in [3.8, 4) is 0 Å². The van der Waals surface area contributed by atoms with Crippen LogP contribution in [0.25, 0.3) is 6.08 Å². The van der Waals surface area contributed by atoms with Crippen molar-refractivity contribution in [1.82, 2.24) is 14.9 Å². The van der Waals surface area contributed by atoms with E-state index >= 15 is 0 Å². The first-order chi connectivity index (χ1) is 13.3. The van der Waals surface area contributed by atoms with Crippen molar-refractivity contribution < 1.29 is 34.1 Å². The lowest BCUT2D eigenvalue weighted by molar-refractivity contribution is -0.149. The van der Waals surface area contributed by atoms with Gasteiger partial charge in [-0.3, -0.25) is 29.3 Å². The maximum Gasteiger partial charge on any atom is 0.331 e. The summed E-state index contributed by atoms with van der Waals surface area (Å²) in [4.78, 5) is 60.2. The van der Waals surface area contributed by atoms with E-state index in [-0.39, 0.29) is 18.4 Å². The highest BCUT2D eigenvalue weighted by Gasteiger charge is 2.35. The maximum atomic E-state index is 12.0. The summed E-state index contributed by atoms with van der Waals surface area (Å²) in [5.41, 5.74) is -1.66. The predicted octanol–water partition coefficient (Wildman–Crippen LogP) is -2.85. The average molecular weight is 395 g/mol. The van der Waals surface area contributed by atoms with Crippen molar-refractivity contribution in [1.29, 1.82) is 0 Å². The Hall–Kier alpha value is -3.09. The molecule has 2 saturated heterocycles. The molecule has 1 aromatic heterocycles. The molecule has 3 rings (SSSR count). The molecule has 2 aliphatic rings. The summed E-state index contributed by atoms with van der Waals surface area (Å²) in [6.45, 7) is -0.439. The highest BCUT2D eigenvalue weighted by atomic mass is 16.6. The van der Waals surface area contributed by atoms with Crippen LogP contribution in [0.5, 0.6) is 0 Å². The summed E-state index contributed by atoms with van der Waals surface area (Å²) in [6.07, 6.45) is -1.18. The van der Waals surface area contributed by atoms with E-state index in [1.54, 1.807) is 0 Å². The Bertz CT molecular complexity index is 947. The summed E-state index contributed by atoms with van der Waals surface area (Å²) in [7, 11) is 0. The Balaban J connectivity index is 1.75. The molecule has 0 spiro atoms. The monoisotopic (exact) mass is 395 g/mol. The molecule has 2 fully saturated rings. The highest BCUT2D eigenvalue weighted by molar-refractivity contribution is 6.06. The molecule has 1 aromatic rings. The molecule has 0 aromatic carbocycles. The largest absolute Gasteiger partial charge is 0.449 e. The zero-order chi connectivity index (χ0) is 20.4. The van der Waals surface area contributed by atoms with Crippen LogP contribution in [-0.4, -0.2) is 62.5 Å². The SMILES string of the molecule is O=C1CC(OC(=O)/C=C/c2cn([C@H]3C[C@H](O)[C@@H](CO)O3)c(=O)[nH]c2=O)C(=O)N1. The fraction of sp³-hybridized carbons (Fsp3) is 0.438. The number of carbonyl (C=O) groups excluding carboxylic acids is 3. The molecule has 2 amide bonds. The lowest BCUT2D eigenvalue weighted by Crippen LogP contribution is -2.33. The smallest absolute Gasteiger partial charge is 0.331 e. The van der Waals surface area contributed by atoms with Gasteiger partial charge in [-0.25, -0.2) is 9.59 Å². The van der Waals surface area contributed by atoms with Crippen LogP contribution in [-0.2, 0) is 23.9 Å². The van der Waals surface area contributed by atoms with Crippen molar-refractivity contribution in [2.75, 3.05) is 6.61 Å². The second kappa shape index (κ2) is 7.88. The molecule has 2 aliphatic heterocycles. The first-order valence-electron chi connectivity index (χ1n) is 8.30. The van der Waals surface area contributed by atoms with Gasteiger partial charge in [0.2, 0.25) is 5.91 Å². The summed E-state index contributed by atoms with van der Waals surface area (Å²) in [6, 6.07) is 0. The zero-order valence-electron chi connectivity index (χ0n) is 14.4. The maximum absolute atomic E-state index is 12.0. The minimum Gasteiger partial charge on any atom is -0.449 e. The minimum absolute atomic E-state index is 0.0210. The fourth-order valence-corrected chi connectivity index (χ4v) is 2.85. The third-order valence-corrected chi connectivity index (χ3v) is 4.27. The molecule has 0 radical (unpaired) electrons. The normalized spacial score (nSPS) is 27.4. The number of aliphatic hydroxyl groups excluding tert-OH is 2. The van der Waals surface area contributed by atoms with Gasteiger partial charge in [0.25, 0.3) is 11.5 Å². The number of aromatic nitrogens is 2. The first-order valence-corrected chi connectivity index (χ1v) is 8.30. The standard InChI is InChI=1S/C16H17N3O9/c20-6-10-8(21)3-12(27-10)19-5-7(14(24)18-16(19)26)1-2-13(23)28-9-4-11(22)17-15(9)25/h1-2,5,8-10,12,20-21H,3-4,6H2,(H,17,22,25)(H,18,24,26)/b2-1+/t8-,9?,10+,12+/m0/s1. The Morgan fingerprint density at radius 3 is 2.71 bits per heavy atom. The average Bonchev–Trinajstić information content (AvgIpc) is 3.15. The minimum atomic E-state index is -1.24. The van der Waals surface area contributed by atoms with Gasteiger partial charge in [-0.2, -0.15) is 0 Å². The van der Waals surface area contributed by atoms with E-state index in [2.05, 4.69) is 4.98 Å². The molecule has 12 heteroatoms. The lowest BCUT2D eigenvalue weighted by atomic mass is 10.2. The van der Waals surface area contributed by atoms with Gasteiger partial charge in [0.1, 0.15) is 12.3 Å². The number of nitrogens with zero attached hydrogens (tertiary/aromatic N) is 1. The van der Waals surface area contributed by atoms with Crippen molar-refractivity contribution in [3.05, 3.63) is 38.7 Å². The van der Waals surface area contributed by atoms with Crippen LogP contribution in [0.15, 0.2) is 21.9 Å². The number of amides is 2. The van der Waals surface area contributed by atoms with Gasteiger partial charge in [-0.15, -0.1) is 0 Å². The fourth-order valence-electron chi connectivity index (χ4n) is 2.85. The molecule has 3 heterocycles. The zero-order valence-corrected chi connectivity index (χ0v) is 14.4. The van der Waals surface area contributed by atoms with Crippen LogP contribution >= 0.6 is 0 Å². The number of aromatic amines is 1. The molecule has 0 saturated carbocycles. The van der Waals surface area contributed by atoms with Gasteiger partial charge in [-0.05, 0) is 6.08 Å². The van der Waals surface area contributed by atoms with Gasteiger partial charge >= 0.3 is 11.7 Å². The number of H-pyrrole nitrogens is 1. The van der Waals surface area contributed by atoms with Crippen LogP contribution < -0.4 is 16.6 Å². The summed E-state index contributed by atoms with van der Waals surface area (Å²) in [5, 5.41) is 20.9. The third-order valence-electron chi connectivity index (χ3n) is 4.27. The summed E-state index contributed by atoms with van der Waals surface area (Å²) < 4.78 is 11.2. The van der Waals surface area contributed by atoms with Crippen molar-refractivity contribution >= 4 is 23.9 Å². The quantitative estimate of drug-likeness (QED) is 0.232. The molecular weight excluding hydrogens is 378 g/mol. The molecule has 4 N–H and O–H groups in total. The van der Waals surface area contributed by atoms with Crippen LogP contribution in [0.3, 0.4) is 0 Å². The van der Waals surface area contributed by atoms with Gasteiger partial charge in [0, 0.05) is 18.7 Å². The van der Waals surface area contributed by atoms with Crippen molar-refractivity contribution in [3.63, 3.8) is 0 Å². The topological polar surface area (TPSA) is 177 Å². The second-order valence-corrected chi connectivity index (χ2v) is 6.24. The lowest BCUT2D eigenvalue weighted by Gasteiger charge is -2.14. The third kappa shape index (κ3) is 4.08. The van der Waals surface area contributed by atoms with Gasteiger partial charge < -0.3 is 19.7 Å². The number of carbonyl (C=O) groups is 3. The van der Waals surface area contributed by atoms with Crippen LogP contribution in [0.4, 0.5) is 0 Å². The molecule has 0 aliphatic carbocycles. The predicted molar refractivity (Wildman–Crippen MR) is 89.6 cm³/mol. The summed E-state index contributed by atoms with van der Waals surface area (Å²) in [5.74, 6) is -2.25. The van der Waals surface area contributed by atoms with E-state index in [9.17, 15) is 29.1 Å². The Morgan fingerprint density at radius 1 is 1.36 bits per heavy atom. The van der Waals surface area contributed by atoms with Gasteiger partial charge in [0.15, 0.2) is 6.10 Å². The van der Waals surface area contributed by atoms with Crippen molar-refractivity contribution in [2.45, 2.75) is 37.4 Å². The molecular formula is C16H17N3O9. The molecule has 4 atom stereocenters. The highest BCUT2D eigenvalue weighted by Crippen LogP contribution is 2.27. The molecule has 0 bridgehead atoms. The van der Waals surface area contributed by atoms with Crippen LogP contribution in [0, 0.1) is 0 Å². The van der Waals surface area contributed by atoms with Gasteiger partial charge in [0.05, 0.1) is 24.7 Å². The number of hydrogen-bond acceptors (Lipinski definition) is 9. The number of imide groups is 1. The number of rotatable bonds is 5. The summed E-state index contributed by atoms with van der Waals surface area (Å²) >= 11 is 0.